The van der Waals surface area contributed by atoms with Gasteiger partial charge in [0.15, 0.2) is 0 Å². The summed E-state index contributed by atoms with van der Waals surface area (Å²) in [5.41, 5.74) is 6.62. The molecule has 0 aliphatic rings. The number of para-hydroxylation sites is 1. The summed E-state index contributed by atoms with van der Waals surface area (Å²) >= 11 is 0. The molecule has 2 rings (SSSR count). The van der Waals surface area contributed by atoms with E-state index < -0.39 is 0 Å². The van der Waals surface area contributed by atoms with Crippen LogP contribution in [0.3, 0.4) is 0 Å². The lowest BCUT2D eigenvalue weighted by atomic mass is 10.2. The summed E-state index contributed by atoms with van der Waals surface area (Å²) in [6.45, 7) is 10.1. The van der Waals surface area contributed by atoms with Gasteiger partial charge in [-0.2, -0.15) is 0 Å². The summed E-state index contributed by atoms with van der Waals surface area (Å²) in [7, 11) is 0. The first-order valence-corrected chi connectivity index (χ1v) is 7.43. The second-order valence-corrected chi connectivity index (χ2v) is 3.96. The molecule has 0 unspecified atom stereocenters. The number of hydrogen-bond donors (Lipinski definition) is 1. The van der Waals surface area contributed by atoms with Gasteiger partial charge in [-0.3, -0.25) is 0 Å². The van der Waals surface area contributed by atoms with E-state index in [-0.39, 0.29) is 0 Å². The second kappa shape index (κ2) is 12.9. The standard InChI is InChI=1S/C13H13NO.C4H8.C2H6/c14-10-11-6-8-13(9-7-11)15-12-4-2-1-3-5-12;1-3-4-2;1-2/h1-9H,10,14H2;3H,1,4H2,2H3;1-2H3. The van der Waals surface area contributed by atoms with Crippen LogP contribution in [0.25, 0.3) is 0 Å². The SMILES string of the molecule is C=CCC.CC.NCc1ccc(Oc2ccccc2)cc1. The van der Waals surface area contributed by atoms with E-state index in [1.165, 1.54) is 0 Å². The molecule has 0 amide bonds. The van der Waals surface area contributed by atoms with Crippen LogP contribution < -0.4 is 10.5 Å². The Hall–Kier alpha value is -2.06. The highest BCUT2D eigenvalue weighted by atomic mass is 16.5. The number of ether oxygens (including phenoxy) is 1. The van der Waals surface area contributed by atoms with Crippen molar-refractivity contribution in [2.45, 2.75) is 33.7 Å². The van der Waals surface area contributed by atoms with Crippen LogP contribution in [0.4, 0.5) is 0 Å². The van der Waals surface area contributed by atoms with E-state index in [2.05, 4.69) is 13.5 Å². The third-order valence-electron chi connectivity index (χ3n) is 2.43. The average Bonchev–Trinajstić information content (AvgIpc) is 2.58. The van der Waals surface area contributed by atoms with Gasteiger partial charge in [0.2, 0.25) is 0 Å². The highest BCUT2D eigenvalue weighted by Crippen LogP contribution is 2.20. The Morgan fingerprint density at radius 1 is 0.952 bits per heavy atom. The van der Waals surface area contributed by atoms with E-state index in [9.17, 15) is 0 Å². The van der Waals surface area contributed by atoms with E-state index >= 15 is 0 Å². The molecule has 2 nitrogen and oxygen atoms in total. The minimum absolute atomic E-state index is 0.561. The van der Waals surface area contributed by atoms with Crippen LogP contribution >= 0.6 is 0 Å². The number of rotatable bonds is 4. The lowest BCUT2D eigenvalue weighted by molar-refractivity contribution is 0.482. The van der Waals surface area contributed by atoms with Crippen LogP contribution in [0.5, 0.6) is 11.5 Å². The molecule has 2 aromatic rings. The number of nitrogens with two attached hydrogens (primary N) is 1. The number of benzene rings is 2. The Morgan fingerprint density at radius 2 is 1.43 bits per heavy atom. The minimum Gasteiger partial charge on any atom is -0.457 e. The summed E-state index contributed by atoms with van der Waals surface area (Å²) in [5.74, 6) is 1.68. The lowest BCUT2D eigenvalue weighted by Gasteiger charge is -2.05. The fourth-order valence-electron chi connectivity index (χ4n) is 1.32. The van der Waals surface area contributed by atoms with Crippen molar-refractivity contribution in [3.05, 3.63) is 72.8 Å². The van der Waals surface area contributed by atoms with Crippen LogP contribution in [-0.4, -0.2) is 0 Å². The Morgan fingerprint density at radius 3 is 1.86 bits per heavy atom. The van der Waals surface area contributed by atoms with Crippen molar-refractivity contribution in [3.8, 4) is 11.5 Å². The third kappa shape index (κ3) is 8.66. The average molecular weight is 285 g/mol. The van der Waals surface area contributed by atoms with E-state index in [1.54, 1.807) is 0 Å². The maximum Gasteiger partial charge on any atom is 0.127 e. The van der Waals surface area contributed by atoms with E-state index in [0.717, 1.165) is 23.5 Å². The van der Waals surface area contributed by atoms with Crippen LogP contribution in [-0.2, 0) is 6.54 Å². The van der Waals surface area contributed by atoms with Gasteiger partial charge < -0.3 is 10.5 Å². The molecule has 0 aliphatic heterocycles. The molecule has 2 N–H and O–H groups in total. The summed E-state index contributed by atoms with van der Waals surface area (Å²) in [4.78, 5) is 0. The smallest absolute Gasteiger partial charge is 0.127 e. The van der Waals surface area contributed by atoms with Gasteiger partial charge in [0, 0.05) is 6.54 Å². The summed E-state index contributed by atoms with van der Waals surface area (Å²) < 4.78 is 5.64. The Balaban J connectivity index is 0.000000579. The largest absolute Gasteiger partial charge is 0.457 e. The molecule has 0 atom stereocenters. The Kier molecular flexibility index (Phi) is 11.7. The fraction of sp³-hybridized carbons (Fsp3) is 0.263. The molecule has 2 aromatic carbocycles. The van der Waals surface area contributed by atoms with Crippen molar-refractivity contribution in [1.29, 1.82) is 0 Å². The fourth-order valence-corrected chi connectivity index (χ4v) is 1.32. The van der Waals surface area contributed by atoms with Gasteiger partial charge in [-0.25, -0.2) is 0 Å². The molecule has 0 radical (unpaired) electrons. The molecule has 0 spiro atoms. The van der Waals surface area contributed by atoms with Gasteiger partial charge in [0.05, 0.1) is 0 Å². The first kappa shape index (κ1) is 18.9. The topological polar surface area (TPSA) is 35.2 Å². The zero-order valence-electron chi connectivity index (χ0n) is 13.4. The number of allylic oxidation sites excluding steroid dienone is 1. The maximum absolute atomic E-state index is 5.64. The van der Waals surface area contributed by atoms with Crippen molar-refractivity contribution >= 4 is 0 Å². The molecule has 0 aromatic heterocycles. The third-order valence-corrected chi connectivity index (χ3v) is 2.43. The lowest BCUT2D eigenvalue weighted by Crippen LogP contribution is -1.95. The van der Waals surface area contributed by atoms with Crippen molar-refractivity contribution in [3.63, 3.8) is 0 Å². The molecule has 0 heterocycles. The quantitative estimate of drug-likeness (QED) is 0.748. The molecule has 114 valence electrons. The normalized spacial score (nSPS) is 8.57. The van der Waals surface area contributed by atoms with Gasteiger partial charge in [0.1, 0.15) is 11.5 Å². The second-order valence-electron chi connectivity index (χ2n) is 3.96. The van der Waals surface area contributed by atoms with Gasteiger partial charge in [-0.05, 0) is 36.2 Å². The van der Waals surface area contributed by atoms with Crippen LogP contribution in [0.1, 0.15) is 32.8 Å². The zero-order valence-corrected chi connectivity index (χ0v) is 13.4. The van der Waals surface area contributed by atoms with E-state index in [1.807, 2.05) is 74.5 Å². The predicted molar refractivity (Wildman–Crippen MR) is 92.7 cm³/mol. The maximum atomic E-state index is 5.64. The molecule has 0 saturated carbocycles. The molecule has 0 bridgehead atoms. The summed E-state index contributed by atoms with van der Waals surface area (Å²) in [5, 5.41) is 0. The van der Waals surface area contributed by atoms with Crippen molar-refractivity contribution in [2.24, 2.45) is 5.73 Å². The highest BCUT2D eigenvalue weighted by molar-refractivity contribution is 5.32. The van der Waals surface area contributed by atoms with Gasteiger partial charge in [-0.1, -0.05) is 57.2 Å². The molecule has 0 saturated heterocycles. The summed E-state index contributed by atoms with van der Waals surface area (Å²) in [6, 6.07) is 17.5. The Labute approximate surface area is 129 Å². The zero-order chi connectivity index (χ0) is 15.9. The van der Waals surface area contributed by atoms with E-state index in [4.69, 9.17) is 10.5 Å². The first-order chi connectivity index (χ1) is 10.3. The highest BCUT2D eigenvalue weighted by Gasteiger charge is 1.95. The molecule has 0 fully saturated rings. The van der Waals surface area contributed by atoms with Gasteiger partial charge in [0.25, 0.3) is 0 Å². The molecule has 2 heteroatoms. The molecule has 0 aliphatic carbocycles. The van der Waals surface area contributed by atoms with Crippen molar-refractivity contribution < 1.29 is 4.74 Å². The van der Waals surface area contributed by atoms with Crippen LogP contribution in [0, 0.1) is 0 Å². The molecular formula is C19H27NO. The van der Waals surface area contributed by atoms with Crippen molar-refractivity contribution in [2.75, 3.05) is 0 Å². The minimum atomic E-state index is 0.561. The van der Waals surface area contributed by atoms with Crippen LogP contribution in [0.15, 0.2) is 67.3 Å². The van der Waals surface area contributed by atoms with Gasteiger partial charge in [-0.15, -0.1) is 6.58 Å². The first-order valence-electron chi connectivity index (χ1n) is 7.43. The monoisotopic (exact) mass is 285 g/mol. The molecular weight excluding hydrogens is 258 g/mol. The van der Waals surface area contributed by atoms with Crippen molar-refractivity contribution in [1.82, 2.24) is 0 Å². The Bertz CT molecular complexity index is 463. The molecule has 21 heavy (non-hydrogen) atoms. The van der Waals surface area contributed by atoms with Crippen LogP contribution in [0.2, 0.25) is 0 Å². The number of hydrogen-bond acceptors (Lipinski definition) is 2. The van der Waals surface area contributed by atoms with Gasteiger partial charge >= 0.3 is 0 Å². The predicted octanol–water partition coefficient (Wildman–Crippen LogP) is 5.55. The summed E-state index contributed by atoms with van der Waals surface area (Å²) in [6.07, 6.45) is 2.96. The van der Waals surface area contributed by atoms with E-state index in [0.29, 0.717) is 6.54 Å².